The first kappa shape index (κ1) is 18.7. The number of nitrogens with one attached hydrogen (secondary N) is 2. The molecule has 3 rings (SSSR count). The molecular formula is C22H19ClN2O2. The zero-order chi connectivity index (χ0) is 19.1. The number of carbonyl (C=O) groups excluding carboxylic acids is 2. The van der Waals surface area contributed by atoms with Gasteiger partial charge in [-0.3, -0.25) is 4.79 Å². The van der Waals surface area contributed by atoms with Crippen LogP contribution in [-0.2, 0) is 0 Å². The number of urea groups is 1. The lowest BCUT2D eigenvalue weighted by Gasteiger charge is -2.20. The third-order valence-electron chi connectivity index (χ3n) is 4.10. The van der Waals surface area contributed by atoms with Gasteiger partial charge in [-0.25, -0.2) is 4.79 Å². The minimum atomic E-state index is -0.414. The predicted octanol–water partition coefficient (Wildman–Crippen LogP) is 4.61. The molecule has 0 saturated carbocycles. The maximum atomic E-state index is 12.4. The number of carbonyl (C=O) groups is 2. The monoisotopic (exact) mass is 378 g/mol. The van der Waals surface area contributed by atoms with Crippen molar-refractivity contribution < 1.29 is 9.59 Å². The Morgan fingerprint density at radius 1 is 0.815 bits per heavy atom. The third kappa shape index (κ3) is 5.19. The van der Waals surface area contributed by atoms with Gasteiger partial charge in [0.2, 0.25) is 0 Å². The van der Waals surface area contributed by atoms with Gasteiger partial charge >= 0.3 is 6.03 Å². The Balaban J connectivity index is 1.67. The molecule has 0 fully saturated rings. The lowest BCUT2D eigenvalue weighted by atomic mass is 9.99. The summed E-state index contributed by atoms with van der Waals surface area (Å²) < 4.78 is 0. The van der Waals surface area contributed by atoms with E-state index in [1.54, 1.807) is 24.3 Å². The number of hydrogen-bond acceptors (Lipinski definition) is 2. The Morgan fingerprint density at radius 2 is 1.41 bits per heavy atom. The van der Waals surface area contributed by atoms with Crippen molar-refractivity contribution in [3.63, 3.8) is 0 Å². The standard InChI is InChI=1S/C22H19ClN2O2/c23-19-13-7-12-18(14-19)20(26)15-24-22(27)25-21(16-8-3-1-4-9-16)17-10-5-2-6-11-17/h1-14,21H,15H2,(H2,24,25,27). The van der Waals surface area contributed by atoms with Crippen LogP contribution in [0.4, 0.5) is 4.79 Å². The molecule has 3 aromatic carbocycles. The van der Waals surface area contributed by atoms with Crippen LogP contribution in [0.2, 0.25) is 5.02 Å². The van der Waals surface area contributed by atoms with Gasteiger partial charge in [-0.15, -0.1) is 0 Å². The maximum Gasteiger partial charge on any atom is 0.315 e. The number of hydrogen-bond donors (Lipinski definition) is 2. The van der Waals surface area contributed by atoms with Crippen LogP contribution in [0.15, 0.2) is 84.9 Å². The van der Waals surface area contributed by atoms with Gasteiger partial charge in [0.1, 0.15) is 0 Å². The summed E-state index contributed by atoms with van der Waals surface area (Å²) in [5, 5.41) is 6.05. The summed E-state index contributed by atoms with van der Waals surface area (Å²) in [5.74, 6) is -0.205. The molecule has 0 atom stereocenters. The largest absolute Gasteiger partial charge is 0.331 e. The fraction of sp³-hybridized carbons (Fsp3) is 0.0909. The van der Waals surface area contributed by atoms with Gasteiger partial charge in [-0.2, -0.15) is 0 Å². The number of ketones is 1. The van der Waals surface area contributed by atoms with E-state index >= 15 is 0 Å². The second kappa shape index (κ2) is 9.01. The molecule has 27 heavy (non-hydrogen) atoms. The molecule has 0 heterocycles. The second-order valence-corrected chi connectivity index (χ2v) is 6.45. The number of benzene rings is 3. The number of halogens is 1. The molecule has 2 N–H and O–H groups in total. The molecule has 0 bridgehead atoms. The van der Waals surface area contributed by atoms with E-state index in [0.717, 1.165) is 11.1 Å². The van der Waals surface area contributed by atoms with Crippen LogP contribution in [0.5, 0.6) is 0 Å². The van der Waals surface area contributed by atoms with Gasteiger partial charge in [0.25, 0.3) is 0 Å². The summed E-state index contributed by atoms with van der Waals surface area (Å²) in [7, 11) is 0. The number of rotatable bonds is 6. The number of Topliss-reactive ketones (excluding diaryl/α,β-unsaturated/α-hetero) is 1. The Hall–Kier alpha value is -3.11. The van der Waals surface area contributed by atoms with E-state index in [4.69, 9.17) is 11.6 Å². The van der Waals surface area contributed by atoms with Crippen molar-refractivity contribution in [3.8, 4) is 0 Å². The van der Waals surface area contributed by atoms with E-state index < -0.39 is 6.03 Å². The van der Waals surface area contributed by atoms with E-state index in [1.165, 1.54) is 0 Å². The SMILES string of the molecule is O=C(NCC(=O)c1cccc(Cl)c1)NC(c1ccccc1)c1ccccc1. The van der Waals surface area contributed by atoms with Crippen LogP contribution in [0, 0.1) is 0 Å². The van der Waals surface area contributed by atoms with Crippen molar-refractivity contribution in [2.75, 3.05) is 6.54 Å². The van der Waals surface area contributed by atoms with Gasteiger partial charge in [-0.1, -0.05) is 84.4 Å². The molecule has 2 amide bonds. The molecule has 136 valence electrons. The normalized spacial score (nSPS) is 10.4. The van der Waals surface area contributed by atoms with Crippen LogP contribution in [0.3, 0.4) is 0 Å². The fourth-order valence-corrected chi connectivity index (χ4v) is 2.95. The zero-order valence-electron chi connectivity index (χ0n) is 14.6. The molecule has 0 radical (unpaired) electrons. The van der Waals surface area contributed by atoms with E-state index in [0.29, 0.717) is 10.6 Å². The van der Waals surface area contributed by atoms with Gasteiger partial charge in [0.05, 0.1) is 12.6 Å². The fourth-order valence-electron chi connectivity index (χ4n) is 2.76. The minimum absolute atomic E-state index is 0.109. The topological polar surface area (TPSA) is 58.2 Å². The van der Waals surface area contributed by atoms with E-state index in [9.17, 15) is 9.59 Å². The van der Waals surface area contributed by atoms with Crippen LogP contribution < -0.4 is 10.6 Å². The van der Waals surface area contributed by atoms with Crippen molar-refractivity contribution in [1.29, 1.82) is 0 Å². The van der Waals surface area contributed by atoms with Crippen LogP contribution in [-0.4, -0.2) is 18.4 Å². The first-order chi connectivity index (χ1) is 13.1. The third-order valence-corrected chi connectivity index (χ3v) is 4.33. The van der Waals surface area contributed by atoms with Crippen molar-refractivity contribution in [1.82, 2.24) is 10.6 Å². The summed E-state index contributed by atoms with van der Waals surface area (Å²) in [6.45, 7) is -0.109. The first-order valence-corrected chi connectivity index (χ1v) is 8.94. The van der Waals surface area contributed by atoms with Gasteiger partial charge in [-0.05, 0) is 23.3 Å². The van der Waals surface area contributed by atoms with Crippen molar-refractivity contribution in [2.24, 2.45) is 0 Å². The summed E-state index contributed by atoms with van der Waals surface area (Å²) in [6, 6.07) is 25.3. The summed E-state index contributed by atoms with van der Waals surface area (Å²) >= 11 is 5.90. The summed E-state index contributed by atoms with van der Waals surface area (Å²) in [5.41, 5.74) is 2.38. The highest BCUT2D eigenvalue weighted by atomic mass is 35.5. The molecule has 0 saturated heterocycles. The van der Waals surface area contributed by atoms with Gasteiger partial charge < -0.3 is 10.6 Å². The molecule has 4 nitrogen and oxygen atoms in total. The highest BCUT2D eigenvalue weighted by Crippen LogP contribution is 2.21. The highest BCUT2D eigenvalue weighted by Gasteiger charge is 2.17. The molecular weight excluding hydrogens is 360 g/mol. The van der Waals surface area contributed by atoms with Crippen molar-refractivity contribution in [2.45, 2.75) is 6.04 Å². The van der Waals surface area contributed by atoms with E-state index in [2.05, 4.69) is 10.6 Å². The Kier molecular flexibility index (Phi) is 6.23. The molecule has 3 aromatic rings. The van der Waals surface area contributed by atoms with E-state index in [-0.39, 0.29) is 18.4 Å². The second-order valence-electron chi connectivity index (χ2n) is 6.01. The van der Waals surface area contributed by atoms with Gasteiger partial charge in [0, 0.05) is 10.6 Å². The Labute approximate surface area is 163 Å². The van der Waals surface area contributed by atoms with Crippen molar-refractivity contribution >= 4 is 23.4 Å². The predicted molar refractivity (Wildman–Crippen MR) is 107 cm³/mol. The molecule has 0 aromatic heterocycles. The summed E-state index contributed by atoms with van der Waals surface area (Å²) in [4.78, 5) is 24.6. The smallest absolute Gasteiger partial charge is 0.315 e. The van der Waals surface area contributed by atoms with Crippen LogP contribution >= 0.6 is 11.6 Å². The van der Waals surface area contributed by atoms with E-state index in [1.807, 2.05) is 60.7 Å². The molecule has 0 aliphatic carbocycles. The minimum Gasteiger partial charge on any atom is -0.331 e. The summed E-state index contributed by atoms with van der Waals surface area (Å²) in [6.07, 6.45) is 0. The molecule has 0 spiro atoms. The van der Waals surface area contributed by atoms with Gasteiger partial charge in [0.15, 0.2) is 5.78 Å². The average Bonchev–Trinajstić information content (AvgIpc) is 2.71. The zero-order valence-corrected chi connectivity index (χ0v) is 15.3. The maximum absolute atomic E-state index is 12.4. The average molecular weight is 379 g/mol. The van der Waals surface area contributed by atoms with Crippen LogP contribution in [0.1, 0.15) is 27.5 Å². The quantitative estimate of drug-likeness (QED) is 0.615. The highest BCUT2D eigenvalue weighted by molar-refractivity contribution is 6.31. The number of amides is 2. The molecule has 0 aliphatic rings. The molecule has 5 heteroatoms. The lowest BCUT2D eigenvalue weighted by molar-refractivity contribution is 0.0992. The van der Waals surface area contributed by atoms with Crippen molar-refractivity contribution in [3.05, 3.63) is 107 Å². The Morgan fingerprint density at radius 3 is 1.96 bits per heavy atom. The molecule has 0 aliphatic heterocycles. The Bertz CT molecular complexity index is 874. The molecule has 0 unspecified atom stereocenters. The first-order valence-electron chi connectivity index (χ1n) is 8.56. The van der Waals surface area contributed by atoms with Crippen LogP contribution in [0.25, 0.3) is 0 Å². The lowest BCUT2D eigenvalue weighted by Crippen LogP contribution is -2.40.